The molecule has 2 aromatic carbocycles. The molecule has 11 heteroatoms. The van der Waals surface area contributed by atoms with Crippen molar-refractivity contribution >= 4 is 40.7 Å². The quantitative estimate of drug-likeness (QED) is 0.349. The number of rotatable bonds is 8. The molecule has 1 fully saturated rings. The Morgan fingerprint density at radius 2 is 1.53 bits per heavy atom. The Bertz CT molecular complexity index is 1300. The van der Waals surface area contributed by atoms with E-state index in [9.17, 15) is 14.4 Å². The third-order valence-corrected chi connectivity index (χ3v) is 6.60. The third-order valence-electron chi connectivity index (χ3n) is 6.27. The van der Waals surface area contributed by atoms with Gasteiger partial charge in [-0.05, 0) is 57.3 Å². The first-order chi connectivity index (χ1) is 18.1. The molecule has 0 aliphatic carbocycles. The third kappa shape index (κ3) is 6.97. The van der Waals surface area contributed by atoms with Crippen LogP contribution in [0.25, 0.3) is 0 Å². The number of amides is 3. The molecule has 1 aliphatic rings. The average Bonchev–Trinajstić information content (AvgIpc) is 3.37. The van der Waals surface area contributed by atoms with Crippen LogP contribution in [0.3, 0.4) is 0 Å². The van der Waals surface area contributed by atoms with Crippen LogP contribution in [0.15, 0.2) is 54.9 Å². The summed E-state index contributed by atoms with van der Waals surface area (Å²) in [5.74, 6) is -1.26. The number of anilines is 2. The molecule has 1 aromatic heterocycles. The van der Waals surface area contributed by atoms with Crippen molar-refractivity contribution < 1.29 is 14.4 Å². The zero-order chi connectivity index (χ0) is 27.3. The Morgan fingerprint density at radius 3 is 2.16 bits per heavy atom. The molecule has 200 valence electrons. The first-order valence-corrected chi connectivity index (χ1v) is 12.7. The molecule has 0 bridgehead atoms. The van der Waals surface area contributed by atoms with Gasteiger partial charge in [-0.15, -0.1) is 0 Å². The van der Waals surface area contributed by atoms with E-state index in [0.29, 0.717) is 28.5 Å². The maximum Gasteiger partial charge on any atom is 0.276 e. The van der Waals surface area contributed by atoms with Gasteiger partial charge in [-0.25, -0.2) is 4.98 Å². The van der Waals surface area contributed by atoms with Gasteiger partial charge in [0, 0.05) is 49.6 Å². The Hall–Kier alpha value is -3.73. The summed E-state index contributed by atoms with van der Waals surface area (Å²) in [4.78, 5) is 49.9. The van der Waals surface area contributed by atoms with Crippen molar-refractivity contribution in [1.29, 1.82) is 0 Å². The van der Waals surface area contributed by atoms with Crippen molar-refractivity contribution in [3.8, 4) is 0 Å². The van der Waals surface area contributed by atoms with E-state index in [1.165, 1.54) is 6.33 Å². The molecule has 1 saturated heterocycles. The van der Waals surface area contributed by atoms with E-state index in [4.69, 9.17) is 11.6 Å². The van der Waals surface area contributed by atoms with Gasteiger partial charge in [0.15, 0.2) is 5.69 Å². The summed E-state index contributed by atoms with van der Waals surface area (Å²) in [6, 6.07) is 13.4. The van der Waals surface area contributed by atoms with E-state index >= 15 is 0 Å². The van der Waals surface area contributed by atoms with Crippen molar-refractivity contribution in [3.63, 3.8) is 0 Å². The van der Waals surface area contributed by atoms with Crippen molar-refractivity contribution in [3.05, 3.63) is 76.8 Å². The monoisotopic (exact) mass is 537 g/mol. The van der Waals surface area contributed by atoms with Crippen LogP contribution in [0, 0.1) is 0 Å². The lowest BCUT2D eigenvalue weighted by molar-refractivity contribution is 0.0839. The highest BCUT2D eigenvalue weighted by Gasteiger charge is 2.29. The standard InChI is InChI=1S/C27H32ClN7O3/c1-27(2,16-35-14-12-34(3)13-15-35)33-26(38)23-22(29-17-30-23)25(37)32-19-10-8-18(9-11-19)31-24(36)20-6-4-5-7-21(20)28/h4-11,17H,12-16H2,1-3H3,(H,29,30)(H,31,36)(H,32,37)(H,33,38). The summed E-state index contributed by atoms with van der Waals surface area (Å²) in [6.07, 6.45) is 1.32. The number of nitrogens with zero attached hydrogens (tertiary/aromatic N) is 3. The van der Waals surface area contributed by atoms with Gasteiger partial charge in [-0.2, -0.15) is 0 Å². The second kappa shape index (κ2) is 11.8. The van der Waals surface area contributed by atoms with E-state index < -0.39 is 17.4 Å². The van der Waals surface area contributed by atoms with E-state index in [-0.39, 0.29) is 17.3 Å². The fraction of sp³-hybridized carbons (Fsp3) is 0.333. The van der Waals surface area contributed by atoms with Crippen molar-refractivity contribution in [2.75, 3.05) is 50.4 Å². The number of halogens is 1. The summed E-state index contributed by atoms with van der Waals surface area (Å²) in [6.45, 7) is 8.48. The molecule has 0 radical (unpaired) electrons. The summed E-state index contributed by atoms with van der Waals surface area (Å²) >= 11 is 6.09. The minimum Gasteiger partial charge on any atom is -0.345 e. The van der Waals surface area contributed by atoms with Crippen LogP contribution in [-0.4, -0.2) is 82.8 Å². The van der Waals surface area contributed by atoms with Gasteiger partial charge in [0.25, 0.3) is 17.7 Å². The minimum atomic E-state index is -0.527. The number of benzene rings is 2. The lowest BCUT2D eigenvalue weighted by atomic mass is 10.0. The molecule has 1 aliphatic heterocycles. The second-order valence-corrected chi connectivity index (χ2v) is 10.4. The Balaban J connectivity index is 1.35. The number of carbonyl (C=O) groups excluding carboxylic acids is 3. The number of H-pyrrole nitrogens is 1. The molecular weight excluding hydrogens is 506 g/mol. The first kappa shape index (κ1) is 27.3. The van der Waals surface area contributed by atoms with Crippen LogP contribution in [-0.2, 0) is 0 Å². The van der Waals surface area contributed by atoms with E-state index in [1.807, 2.05) is 13.8 Å². The molecule has 2 heterocycles. The molecular formula is C27H32ClN7O3. The molecule has 0 spiro atoms. The van der Waals surface area contributed by atoms with Gasteiger partial charge >= 0.3 is 0 Å². The molecule has 0 unspecified atom stereocenters. The predicted molar refractivity (Wildman–Crippen MR) is 148 cm³/mol. The van der Waals surface area contributed by atoms with Crippen molar-refractivity contribution in [2.24, 2.45) is 0 Å². The normalized spacial score (nSPS) is 14.6. The van der Waals surface area contributed by atoms with Crippen LogP contribution in [0.1, 0.15) is 45.2 Å². The van der Waals surface area contributed by atoms with Gasteiger partial charge in [-0.1, -0.05) is 23.7 Å². The highest BCUT2D eigenvalue weighted by atomic mass is 35.5. The predicted octanol–water partition coefficient (Wildman–Crippen LogP) is 3.32. The number of hydrogen-bond acceptors (Lipinski definition) is 6. The molecule has 4 N–H and O–H groups in total. The lowest BCUT2D eigenvalue weighted by Gasteiger charge is -2.38. The molecule has 38 heavy (non-hydrogen) atoms. The number of likely N-dealkylation sites (N-methyl/N-ethyl adjacent to an activating group) is 1. The Labute approximate surface area is 226 Å². The zero-order valence-corrected chi connectivity index (χ0v) is 22.4. The number of aromatic nitrogens is 2. The number of hydrogen-bond donors (Lipinski definition) is 4. The number of piperazine rings is 1. The number of carbonyl (C=O) groups is 3. The molecule has 4 rings (SSSR count). The van der Waals surface area contributed by atoms with Crippen LogP contribution in [0.4, 0.5) is 11.4 Å². The van der Waals surface area contributed by atoms with Crippen LogP contribution >= 0.6 is 11.6 Å². The summed E-state index contributed by atoms with van der Waals surface area (Å²) in [5.41, 5.74) is 0.968. The topological polar surface area (TPSA) is 122 Å². The fourth-order valence-corrected chi connectivity index (χ4v) is 4.51. The largest absolute Gasteiger partial charge is 0.345 e. The van der Waals surface area contributed by atoms with Crippen molar-refractivity contribution in [2.45, 2.75) is 19.4 Å². The Morgan fingerprint density at radius 1 is 0.921 bits per heavy atom. The second-order valence-electron chi connectivity index (χ2n) is 10.0. The van der Waals surface area contributed by atoms with Gasteiger partial charge < -0.3 is 25.8 Å². The number of nitrogens with one attached hydrogen (secondary N) is 4. The summed E-state index contributed by atoms with van der Waals surface area (Å²) in [5, 5.41) is 8.90. The van der Waals surface area contributed by atoms with E-state index in [0.717, 1.165) is 26.2 Å². The summed E-state index contributed by atoms with van der Waals surface area (Å²) in [7, 11) is 2.10. The van der Waals surface area contributed by atoms with Crippen molar-refractivity contribution in [1.82, 2.24) is 25.1 Å². The van der Waals surface area contributed by atoms with Gasteiger partial charge in [0.2, 0.25) is 0 Å². The Kier molecular flexibility index (Phi) is 8.45. The van der Waals surface area contributed by atoms with Crippen LogP contribution in [0.5, 0.6) is 0 Å². The van der Waals surface area contributed by atoms with E-state index in [1.54, 1.807) is 48.5 Å². The van der Waals surface area contributed by atoms with Gasteiger partial charge in [0.1, 0.15) is 5.69 Å². The highest BCUT2D eigenvalue weighted by molar-refractivity contribution is 6.34. The van der Waals surface area contributed by atoms with Gasteiger partial charge in [0.05, 0.1) is 16.9 Å². The lowest BCUT2D eigenvalue weighted by Crippen LogP contribution is -2.55. The van der Waals surface area contributed by atoms with Gasteiger partial charge in [-0.3, -0.25) is 19.3 Å². The minimum absolute atomic E-state index is 0.00556. The highest BCUT2D eigenvalue weighted by Crippen LogP contribution is 2.19. The molecule has 0 atom stereocenters. The molecule has 0 saturated carbocycles. The molecule has 10 nitrogen and oxygen atoms in total. The maximum absolute atomic E-state index is 13.0. The first-order valence-electron chi connectivity index (χ1n) is 12.4. The number of imidazole rings is 1. The molecule has 3 aromatic rings. The maximum atomic E-state index is 13.0. The molecule has 3 amide bonds. The van der Waals surface area contributed by atoms with Crippen LogP contribution < -0.4 is 16.0 Å². The zero-order valence-electron chi connectivity index (χ0n) is 21.7. The smallest absolute Gasteiger partial charge is 0.276 e. The van der Waals surface area contributed by atoms with Crippen LogP contribution in [0.2, 0.25) is 5.02 Å². The summed E-state index contributed by atoms with van der Waals surface area (Å²) < 4.78 is 0. The SMILES string of the molecule is CN1CCN(CC(C)(C)NC(=O)c2[nH]cnc2C(=O)Nc2ccc(NC(=O)c3ccccc3Cl)cc2)CC1. The fourth-order valence-electron chi connectivity index (χ4n) is 4.28. The average molecular weight is 538 g/mol. The number of aromatic amines is 1. The van der Waals surface area contributed by atoms with E-state index in [2.05, 4.69) is 42.8 Å².